The van der Waals surface area contributed by atoms with Gasteiger partial charge in [0.2, 0.25) is 5.91 Å². The summed E-state index contributed by atoms with van der Waals surface area (Å²) in [5.74, 6) is -1.36. The van der Waals surface area contributed by atoms with Crippen LogP contribution in [0.4, 0.5) is 4.39 Å². The minimum Gasteiger partial charge on any atom is -0.467 e. The third kappa shape index (κ3) is 3.71. The quantitative estimate of drug-likeness (QED) is 0.792. The molecule has 1 heterocycles. The molecule has 7 heteroatoms. The Hall–Kier alpha value is -1.66. The van der Waals surface area contributed by atoms with Gasteiger partial charge in [-0.05, 0) is 12.1 Å². The number of benzene rings is 1. The SMILES string of the molecule is COC(=O)C1CN(C(=O)Cc2c(F)cccc2Cl)CCO1. The number of hydrogen-bond donors (Lipinski definition) is 0. The first-order valence-electron chi connectivity index (χ1n) is 6.43. The van der Waals surface area contributed by atoms with Crippen LogP contribution >= 0.6 is 11.6 Å². The summed E-state index contributed by atoms with van der Waals surface area (Å²) in [4.78, 5) is 25.1. The van der Waals surface area contributed by atoms with Crippen molar-refractivity contribution in [3.63, 3.8) is 0 Å². The van der Waals surface area contributed by atoms with Crippen molar-refractivity contribution in [1.29, 1.82) is 0 Å². The summed E-state index contributed by atoms with van der Waals surface area (Å²) in [5, 5.41) is 0.209. The number of halogens is 2. The van der Waals surface area contributed by atoms with Gasteiger partial charge in [0.25, 0.3) is 0 Å². The molecule has 0 bridgehead atoms. The predicted molar refractivity (Wildman–Crippen MR) is 73.5 cm³/mol. The van der Waals surface area contributed by atoms with Crippen LogP contribution in [-0.4, -0.2) is 49.7 Å². The van der Waals surface area contributed by atoms with E-state index in [1.54, 1.807) is 0 Å². The number of amides is 1. The van der Waals surface area contributed by atoms with Gasteiger partial charge in [-0.15, -0.1) is 0 Å². The average Bonchev–Trinajstić information content (AvgIpc) is 2.50. The van der Waals surface area contributed by atoms with Crippen molar-refractivity contribution in [3.8, 4) is 0 Å². The van der Waals surface area contributed by atoms with Crippen molar-refractivity contribution in [2.24, 2.45) is 0 Å². The molecule has 1 aromatic rings. The molecule has 1 aromatic carbocycles. The van der Waals surface area contributed by atoms with Gasteiger partial charge in [0, 0.05) is 17.1 Å². The smallest absolute Gasteiger partial charge is 0.336 e. The third-order valence-electron chi connectivity index (χ3n) is 3.27. The molecule has 1 atom stereocenters. The van der Waals surface area contributed by atoms with Gasteiger partial charge in [-0.2, -0.15) is 0 Å². The van der Waals surface area contributed by atoms with E-state index in [0.29, 0.717) is 6.54 Å². The number of esters is 1. The highest BCUT2D eigenvalue weighted by atomic mass is 35.5. The number of carbonyl (C=O) groups is 2. The summed E-state index contributed by atoms with van der Waals surface area (Å²) < 4.78 is 23.5. The molecule has 1 aliphatic rings. The van der Waals surface area contributed by atoms with Gasteiger partial charge >= 0.3 is 5.97 Å². The highest BCUT2D eigenvalue weighted by Gasteiger charge is 2.30. The van der Waals surface area contributed by atoms with E-state index in [1.807, 2.05) is 0 Å². The van der Waals surface area contributed by atoms with Gasteiger partial charge in [-0.1, -0.05) is 17.7 Å². The summed E-state index contributed by atoms with van der Waals surface area (Å²) in [6.45, 7) is 0.673. The van der Waals surface area contributed by atoms with Gasteiger partial charge in [0.1, 0.15) is 5.82 Å². The van der Waals surface area contributed by atoms with Crippen LogP contribution in [0, 0.1) is 5.82 Å². The van der Waals surface area contributed by atoms with Gasteiger partial charge < -0.3 is 14.4 Å². The second kappa shape index (κ2) is 6.87. The van der Waals surface area contributed by atoms with Crippen LogP contribution in [0.1, 0.15) is 5.56 Å². The van der Waals surface area contributed by atoms with Crippen molar-refractivity contribution in [3.05, 3.63) is 34.6 Å². The fraction of sp³-hybridized carbons (Fsp3) is 0.429. The Bertz CT molecular complexity index is 532. The molecular weight excluding hydrogens is 301 g/mol. The van der Waals surface area contributed by atoms with Crippen molar-refractivity contribution in [1.82, 2.24) is 4.90 Å². The molecule has 5 nitrogen and oxygen atoms in total. The Morgan fingerprint density at radius 1 is 1.52 bits per heavy atom. The van der Waals surface area contributed by atoms with Gasteiger partial charge in [-0.3, -0.25) is 4.79 Å². The van der Waals surface area contributed by atoms with Crippen molar-refractivity contribution >= 4 is 23.5 Å². The Balaban J connectivity index is 2.05. The lowest BCUT2D eigenvalue weighted by Gasteiger charge is -2.31. The number of morpholine rings is 1. The van der Waals surface area contributed by atoms with Crippen LogP contribution in [0.2, 0.25) is 5.02 Å². The Morgan fingerprint density at radius 2 is 2.29 bits per heavy atom. The lowest BCUT2D eigenvalue weighted by Crippen LogP contribution is -2.49. The van der Waals surface area contributed by atoms with Crippen molar-refractivity contribution in [2.45, 2.75) is 12.5 Å². The first-order valence-corrected chi connectivity index (χ1v) is 6.81. The summed E-state index contributed by atoms with van der Waals surface area (Å²) in [5.41, 5.74) is 0.158. The van der Waals surface area contributed by atoms with Crippen molar-refractivity contribution in [2.75, 3.05) is 26.8 Å². The second-order valence-electron chi connectivity index (χ2n) is 4.60. The maximum Gasteiger partial charge on any atom is 0.336 e. The molecule has 1 fully saturated rings. The van der Waals surface area contributed by atoms with Crippen LogP contribution in [0.15, 0.2) is 18.2 Å². The van der Waals surface area contributed by atoms with Crippen LogP contribution in [-0.2, 0) is 25.5 Å². The lowest BCUT2D eigenvalue weighted by atomic mass is 10.1. The molecular formula is C14H15ClFNO4. The third-order valence-corrected chi connectivity index (χ3v) is 3.63. The highest BCUT2D eigenvalue weighted by Crippen LogP contribution is 2.20. The summed E-state index contributed by atoms with van der Waals surface area (Å²) in [6.07, 6.45) is -0.955. The largest absolute Gasteiger partial charge is 0.467 e. The second-order valence-corrected chi connectivity index (χ2v) is 5.01. The summed E-state index contributed by atoms with van der Waals surface area (Å²) in [6, 6.07) is 4.27. The summed E-state index contributed by atoms with van der Waals surface area (Å²) in [7, 11) is 1.26. The molecule has 2 rings (SSSR count). The Kier molecular flexibility index (Phi) is 5.14. The van der Waals surface area contributed by atoms with E-state index >= 15 is 0 Å². The van der Waals surface area contributed by atoms with E-state index < -0.39 is 17.9 Å². The topological polar surface area (TPSA) is 55.8 Å². The molecule has 114 valence electrons. The lowest BCUT2D eigenvalue weighted by molar-refractivity contribution is -0.162. The number of rotatable bonds is 3. The molecule has 1 aliphatic heterocycles. The van der Waals surface area contributed by atoms with Crippen LogP contribution in [0.25, 0.3) is 0 Å². The fourth-order valence-electron chi connectivity index (χ4n) is 2.11. The van der Waals surface area contributed by atoms with Crippen LogP contribution < -0.4 is 0 Å². The molecule has 1 amide bonds. The minimum absolute atomic E-state index is 0.0948. The number of methoxy groups -OCH3 is 1. The summed E-state index contributed by atoms with van der Waals surface area (Å²) >= 11 is 5.90. The zero-order valence-corrected chi connectivity index (χ0v) is 12.2. The molecule has 0 saturated carbocycles. The average molecular weight is 316 g/mol. The van der Waals surface area contributed by atoms with Crippen molar-refractivity contribution < 1.29 is 23.5 Å². The molecule has 1 unspecified atom stereocenters. The number of hydrogen-bond acceptors (Lipinski definition) is 4. The molecule has 0 aromatic heterocycles. The highest BCUT2D eigenvalue weighted by molar-refractivity contribution is 6.31. The monoisotopic (exact) mass is 315 g/mol. The first-order chi connectivity index (χ1) is 10.0. The minimum atomic E-state index is -0.802. The molecule has 1 saturated heterocycles. The standard InChI is InChI=1S/C14H15ClFNO4/c1-20-14(19)12-8-17(5-6-21-12)13(18)7-9-10(15)3-2-4-11(9)16/h2-4,12H,5-8H2,1H3. The molecule has 21 heavy (non-hydrogen) atoms. The van der Waals surface area contributed by atoms with Crippen LogP contribution in [0.5, 0.6) is 0 Å². The fourth-order valence-corrected chi connectivity index (χ4v) is 2.34. The molecule has 0 N–H and O–H groups in total. The molecule has 0 aliphatic carbocycles. The maximum atomic E-state index is 13.7. The molecule has 0 spiro atoms. The van der Waals surface area contributed by atoms with E-state index in [1.165, 1.54) is 30.2 Å². The predicted octanol–water partition coefficient (Wildman–Crippen LogP) is 1.42. The van der Waals surface area contributed by atoms with E-state index in [4.69, 9.17) is 16.3 Å². The number of ether oxygens (including phenoxy) is 2. The number of carbonyl (C=O) groups excluding carboxylic acids is 2. The van der Waals surface area contributed by atoms with Gasteiger partial charge in [0.05, 0.1) is 26.7 Å². The first kappa shape index (κ1) is 15.7. The van der Waals surface area contributed by atoms with E-state index in [9.17, 15) is 14.0 Å². The van der Waals surface area contributed by atoms with E-state index in [0.717, 1.165) is 0 Å². The van der Waals surface area contributed by atoms with E-state index in [-0.39, 0.29) is 36.1 Å². The Morgan fingerprint density at radius 3 is 2.95 bits per heavy atom. The van der Waals surface area contributed by atoms with Gasteiger partial charge in [-0.25, -0.2) is 9.18 Å². The van der Waals surface area contributed by atoms with E-state index in [2.05, 4.69) is 4.74 Å². The number of nitrogens with zero attached hydrogens (tertiary/aromatic N) is 1. The van der Waals surface area contributed by atoms with Gasteiger partial charge in [0.15, 0.2) is 6.10 Å². The Labute approximate surface area is 126 Å². The zero-order valence-electron chi connectivity index (χ0n) is 11.5. The normalized spacial score (nSPS) is 18.4. The zero-order chi connectivity index (χ0) is 15.4. The molecule has 0 radical (unpaired) electrons. The van der Waals surface area contributed by atoms with Crippen LogP contribution in [0.3, 0.4) is 0 Å². The maximum absolute atomic E-state index is 13.7.